The molecule has 2 aromatic rings. The number of anilines is 1. The van der Waals surface area contributed by atoms with Crippen LogP contribution in [0.5, 0.6) is 0 Å². The van der Waals surface area contributed by atoms with E-state index >= 15 is 0 Å². The molecule has 1 aromatic carbocycles. The Bertz CT molecular complexity index is 772. The number of ether oxygens (including phenoxy) is 1. The topological polar surface area (TPSA) is 107 Å². The maximum atomic E-state index is 12.2. The molecule has 0 radical (unpaired) electrons. The first-order valence-electron chi connectivity index (χ1n) is 7.20. The van der Waals surface area contributed by atoms with Crippen LogP contribution in [0.3, 0.4) is 0 Å². The van der Waals surface area contributed by atoms with Crippen molar-refractivity contribution in [2.75, 3.05) is 12.8 Å². The molecule has 7 nitrogen and oxygen atoms in total. The van der Waals surface area contributed by atoms with Crippen molar-refractivity contribution < 1.29 is 14.3 Å². The van der Waals surface area contributed by atoms with Gasteiger partial charge in [0, 0.05) is 11.6 Å². The molecule has 7 heteroatoms. The lowest BCUT2D eigenvalue weighted by molar-refractivity contribution is 0.0600. The summed E-state index contributed by atoms with van der Waals surface area (Å²) in [6.45, 7) is 0. The number of hydrogen-bond acceptors (Lipinski definition) is 6. The second-order valence-electron chi connectivity index (χ2n) is 5.31. The molecule has 0 aliphatic heterocycles. The van der Waals surface area contributed by atoms with Crippen molar-refractivity contribution in [3.05, 3.63) is 41.7 Å². The first-order chi connectivity index (χ1) is 11.1. The maximum absolute atomic E-state index is 12.2. The van der Waals surface area contributed by atoms with Crippen molar-refractivity contribution in [2.45, 2.75) is 18.9 Å². The maximum Gasteiger partial charge on any atom is 0.337 e. The minimum Gasteiger partial charge on any atom is -0.465 e. The summed E-state index contributed by atoms with van der Waals surface area (Å²) >= 11 is 0. The quantitative estimate of drug-likeness (QED) is 0.826. The fourth-order valence-corrected chi connectivity index (χ4v) is 2.11. The van der Waals surface area contributed by atoms with Gasteiger partial charge in [0.15, 0.2) is 11.5 Å². The molecule has 3 N–H and O–H groups in total. The highest BCUT2D eigenvalue weighted by molar-refractivity contribution is 5.97. The summed E-state index contributed by atoms with van der Waals surface area (Å²) in [6, 6.07) is 6.96. The van der Waals surface area contributed by atoms with E-state index < -0.39 is 5.97 Å². The van der Waals surface area contributed by atoms with Gasteiger partial charge < -0.3 is 15.8 Å². The minimum atomic E-state index is -0.443. The van der Waals surface area contributed by atoms with Gasteiger partial charge in [-0.1, -0.05) is 12.1 Å². The number of amides is 1. The predicted molar refractivity (Wildman–Crippen MR) is 83.7 cm³/mol. The molecule has 1 fully saturated rings. The van der Waals surface area contributed by atoms with Crippen molar-refractivity contribution in [1.82, 2.24) is 15.3 Å². The summed E-state index contributed by atoms with van der Waals surface area (Å²) in [4.78, 5) is 32.1. The summed E-state index contributed by atoms with van der Waals surface area (Å²) in [5.74, 6) is -0.693. The van der Waals surface area contributed by atoms with E-state index in [1.54, 1.807) is 24.3 Å². The molecule has 1 heterocycles. The monoisotopic (exact) mass is 312 g/mol. The molecule has 0 atom stereocenters. The molecule has 3 rings (SSSR count). The third-order valence-corrected chi connectivity index (χ3v) is 3.51. The number of nitrogens with one attached hydrogen (secondary N) is 1. The average Bonchev–Trinajstić information content (AvgIpc) is 3.38. The Balaban J connectivity index is 1.93. The van der Waals surface area contributed by atoms with E-state index in [0.29, 0.717) is 16.8 Å². The number of nitrogens with zero attached hydrogens (tertiary/aromatic N) is 2. The number of methoxy groups -OCH3 is 1. The van der Waals surface area contributed by atoms with Crippen molar-refractivity contribution in [3.63, 3.8) is 0 Å². The molecular formula is C16H16N4O3. The first-order valence-corrected chi connectivity index (χ1v) is 7.20. The van der Waals surface area contributed by atoms with E-state index in [2.05, 4.69) is 15.3 Å². The Morgan fingerprint density at radius 3 is 2.83 bits per heavy atom. The second-order valence-corrected chi connectivity index (χ2v) is 5.31. The normalized spacial score (nSPS) is 13.4. The van der Waals surface area contributed by atoms with Crippen molar-refractivity contribution >= 4 is 17.7 Å². The Labute approximate surface area is 132 Å². The van der Waals surface area contributed by atoms with Crippen molar-refractivity contribution in [3.8, 4) is 11.3 Å². The number of aromatic nitrogens is 2. The Morgan fingerprint density at radius 2 is 2.13 bits per heavy atom. The number of esters is 1. The molecule has 1 aliphatic rings. The van der Waals surface area contributed by atoms with E-state index in [1.165, 1.54) is 13.3 Å². The van der Waals surface area contributed by atoms with Crippen LogP contribution in [0.4, 0.5) is 5.82 Å². The number of nitrogen functional groups attached to an aromatic ring is 1. The highest BCUT2D eigenvalue weighted by atomic mass is 16.5. The Morgan fingerprint density at radius 1 is 1.35 bits per heavy atom. The summed E-state index contributed by atoms with van der Waals surface area (Å²) in [6.07, 6.45) is 3.42. The number of nitrogens with two attached hydrogens (primary N) is 1. The molecule has 1 aromatic heterocycles. The number of carbonyl (C=O) groups excluding carboxylic acids is 2. The van der Waals surface area contributed by atoms with Gasteiger partial charge in [0.25, 0.3) is 5.91 Å². The number of benzene rings is 1. The van der Waals surface area contributed by atoms with Gasteiger partial charge >= 0.3 is 5.97 Å². The van der Waals surface area contributed by atoms with Crippen LogP contribution in [0.2, 0.25) is 0 Å². The molecule has 1 amide bonds. The summed E-state index contributed by atoms with van der Waals surface area (Å²) < 4.78 is 4.70. The van der Waals surface area contributed by atoms with E-state index in [-0.39, 0.29) is 23.5 Å². The highest BCUT2D eigenvalue weighted by Gasteiger charge is 2.26. The third kappa shape index (κ3) is 3.28. The fraction of sp³-hybridized carbons (Fsp3) is 0.250. The zero-order valence-corrected chi connectivity index (χ0v) is 12.6. The second kappa shape index (κ2) is 6.04. The molecule has 118 valence electrons. The molecule has 0 bridgehead atoms. The summed E-state index contributed by atoms with van der Waals surface area (Å²) in [5, 5.41) is 2.83. The molecule has 0 unspecified atom stereocenters. The average molecular weight is 312 g/mol. The van der Waals surface area contributed by atoms with Crippen molar-refractivity contribution in [2.24, 2.45) is 0 Å². The lowest BCUT2D eigenvalue weighted by Crippen LogP contribution is -2.27. The molecule has 23 heavy (non-hydrogen) atoms. The van der Waals surface area contributed by atoms with E-state index in [9.17, 15) is 9.59 Å². The first kappa shape index (κ1) is 15.0. The molecule has 0 spiro atoms. The smallest absolute Gasteiger partial charge is 0.337 e. The van der Waals surface area contributed by atoms with Gasteiger partial charge in [-0.05, 0) is 25.0 Å². The van der Waals surface area contributed by atoms with Crippen LogP contribution >= 0.6 is 0 Å². The van der Waals surface area contributed by atoms with Gasteiger partial charge in [-0.2, -0.15) is 0 Å². The van der Waals surface area contributed by atoms with E-state index in [4.69, 9.17) is 10.5 Å². The largest absolute Gasteiger partial charge is 0.465 e. The third-order valence-electron chi connectivity index (χ3n) is 3.51. The van der Waals surface area contributed by atoms with Crippen LogP contribution in [0, 0.1) is 0 Å². The van der Waals surface area contributed by atoms with Gasteiger partial charge in [0.2, 0.25) is 0 Å². The van der Waals surface area contributed by atoms with Crippen LogP contribution in [0.1, 0.15) is 33.7 Å². The Hall–Kier alpha value is -2.96. The fourth-order valence-electron chi connectivity index (χ4n) is 2.11. The van der Waals surface area contributed by atoms with Crippen LogP contribution in [-0.2, 0) is 4.74 Å². The van der Waals surface area contributed by atoms with Gasteiger partial charge in [-0.15, -0.1) is 0 Å². The van der Waals surface area contributed by atoms with Gasteiger partial charge in [-0.3, -0.25) is 4.79 Å². The highest BCUT2D eigenvalue weighted by Crippen LogP contribution is 2.22. The number of hydrogen-bond donors (Lipinski definition) is 2. The number of rotatable bonds is 4. The van der Waals surface area contributed by atoms with Gasteiger partial charge in [0.1, 0.15) is 0 Å². The SMILES string of the molecule is COC(=O)c1cccc(-c2cnc(N)c(C(=O)NC3CC3)n2)c1. The zero-order chi connectivity index (χ0) is 16.4. The standard InChI is InChI=1S/C16H16N4O3/c1-23-16(22)10-4-2-3-9(7-10)12-8-18-14(17)13(20-12)15(21)19-11-5-6-11/h2-4,7-8,11H,5-6H2,1H3,(H2,17,18)(H,19,21). The minimum absolute atomic E-state index is 0.0797. The molecule has 0 saturated heterocycles. The van der Waals surface area contributed by atoms with E-state index in [0.717, 1.165) is 12.8 Å². The van der Waals surface area contributed by atoms with E-state index in [1.807, 2.05) is 0 Å². The predicted octanol–water partition coefficient (Wildman–Crippen LogP) is 1.40. The van der Waals surface area contributed by atoms with Crippen LogP contribution in [-0.4, -0.2) is 35.0 Å². The van der Waals surface area contributed by atoms with Crippen LogP contribution < -0.4 is 11.1 Å². The summed E-state index contributed by atoms with van der Waals surface area (Å²) in [5.41, 5.74) is 7.36. The number of carbonyl (C=O) groups is 2. The molecule has 1 aliphatic carbocycles. The lowest BCUT2D eigenvalue weighted by atomic mass is 10.1. The van der Waals surface area contributed by atoms with Gasteiger partial charge in [-0.25, -0.2) is 14.8 Å². The molecule has 1 saturated carbocycles. The summed E-state index contributed by atoms with van der Waals surface area (Å²) in [7, 11) is 1.32. The van der Waals surface area contributed by atoms with Crippen LogP contribution in [0.25, 0.3) is 11.3 Å². The van der Waals surface area contributed by atoms with Gasteiger partial charge in [0.05, 0.1) is 24.6 Å². The zero-order valence-electron chi connectivity index (χ0n) is 12.6. The Kier molecular flexibility index (Phi) is 3.92. The van der Waals surface area contributed by atoms with Crippen molar-refractivity contribution in [1.29, 1.82) is 0 Å². The lowest BCUT2D eigenvalue weighted by Gasteiger charge is -2.08. The molecular weight excluding hydrogens is 296 g/mol. The van der Waals surface area contributed by atoms with Crippen LogP contribution in [0.15, 0.2) is 30.5 Å².